The minimum Gasteiger partial charge on any atom is -0.298 e. The van der Waals surface area contributed by atoms with Crippen LogP contribution in [-0.4, -0.2) is 29.3 Å². The Morgan fingerprint density at radius 3 is 2.19 bits per heavy atom. The first-order valence-corrected chi connectivity index (χ1v) is 7.77. The highest BCUT2D eigenvalue weighted by Crippen LogP contribution is 2.17. The van der Waals surface area contributed by atoms with Crippen LogP contribution in [0.15, 0.2) is 42.5 Å². The van der Waals surface area contributed by atoms with Crippen LogP contribution in [0.1, 0.15) is 44.5 Å². The third-order valence-electron chi connectivity index (χ3n) is 4.00. The molecule has 0 radical (unpaired) electrons. The average molecular weight is 283 g/mol. The Morgan fingerprint density at radius 2 is 1.57 bits per heavy atom. The molecule has 0 aliphatic carbocycles. The van der Waals surface area contributed by atoms with Gasteiger partial charge < -0.3 is 0 Å². The van der Waals surface area contributed by atoms with Crippen LogP contribution in [0.2, 0.25) is 0 Å². The Labute approximate surface area is 127 Å². The van der Waals surface area contributed by atoms with E-state index in [1.165, 1.54) is 5.39 Å². The lowest BCUT2D eigenvalue weighted by Crippen LogP contribution is -2.38. The van der Waals surface area contributed by atoms with E-state index in [-0.39, 0.29) is 5.78 Å². The van der Waals surface area contributed by atoms with Crippen molar-refractivity contribution in [1.82, 2.24) is 4.90 Å². The lowest BCUT2D eigenvalue weighted by atomic mass is 10.0. The number of hydrogen-bond acceptors (Lipinski definition) is 2. The van der Waals surface area contributed by atoms with Crippen LogP contribution in [0.5, 0.6) is 0 Å². The Morgan fingerprint density at radius 1 is 0.952 bits per heavy atom. The summed E-state index contributed by atoms with van der Waals surface area (Å²) < 4.78 is 0. The Balaban J connectivity index is 2.08. The Hall–Kier alpha value is -1.67. The van der Waals surface area contributed by atoms with Gasteiger partial charge in [0.05, 0.1) is 0 Å². The van der Waals surface area contributed by atoms with E-state index < -0.39 is 0 Å². The van der Waals surface area contributed by atoms with Crippen molar-refractivity contribution in [3.05, 3.63) is 48.0 Å². The molecule has 0 bridgehead atoms. The maximum atomic E-state index is 12.4. The standard InChI is InChI=1S/C19H25NO/c1-14(2)20(15(3)4)12-11-19(21)18-10-9-16-7-5-6-8-17(16)13-18/h5-10,13-15H,11-12H2,1-4H3. The topological polar surface area (TPSA) is 20.3 Å². The zero-order chi connectivity index (χ0) is 15.4. The van der Waals surface area contributed by atoms with Crippen molar-refractivity contribution in [1.29, 1.82) is 0 Å². The van der Waals surface area contributed by atoms with Crippen LogP contribution in [-0.2, 0) is 0 Å². The minimum absolute atomic E-state index is 0.229. The number of Topliss-reactive ketones (excluding diaryl/α,β-unsaturated/α-hetero) is 1. The van der Waals surface area contributed by atoms with E-state index in [1.807, 2.05) is 30.3 Å². The second-order valence-electron chi connectivity index (χ2n) is 6.16. The quantitative estimate of drug-likeness (QED) is 0.726. The molecule has 0 unspecified atom stereocenters. The molecule has 2 rings (SSSR count). The summed E-state index contributed by atoms with van der Waals surface area (Å²) in [4.78, 5) is 14.8. The molecule has 0 aliphatic rings. The Bertz CT molecular complexity index is 608. The lowest BCUT2D eigenvalue weighted by molar-refractivity contribution is 0.0940. The minimum atomic E-state index is 0.229. The van der Waals surface area contributed by atoms with Crippen LogP contribution in [0.25, 0.3) is 10.8 Å². The summed E-state index contributed by atoms with van der Waals surface area (Å²) in [6.07, 6.45) is 0.578. The van der Waals surface area contributed by atoms with Gasteiger partial charge in [-0.15, -0.1) is 0 Å². The van der Waals surface area contributed by atoms with Gasteiger partial charge in [-0.25, -0.2) is 0 Å². The monoisotopic (exact) mass is 283 g/mol. The molecule has 0 fully saturated rings. The number of benzene rings is 2. The van der Waals surface area contributed by atoms with E-state index in [0.717, 1.165) is 17.5 Å². The molecule has 21 heavy (non-hydrogen) atoms. The van der Waals surface area contributed by atoms with E-state index in [2.05, 4.69) is 44.7 Å². The summed E-state index contributed by atoms with van der Waals surface area (Å²) in [5.74, 6) is 0.229. The summed E-state index contributed by atoms with van der Waals surface area (Å²) >= 11 is 0. The number of rotatable bonds is 6. The highest BCUT2D eigenvalue weighted by atomic mass is 16.1. The van der Waals surface area contributed by atoms with Crippen LogP contribution >= 0.6 is 0 Å². The highest BCUT2D eigenvalue weighted by Gasteiger charge is 2.15. The lowest BCUT2D eigenvalue weighted by Gasteiger charge is -2.30. The van der Waals surface area contributed by atoms with Gasteiger partial charge >= 0.3 is 0 Å². The largest absolute Gasteiger partial charge is 0.298 e. The number of hydrogen-bond donors (Lipinski definition) is 0. The fourth-order valence-electron chi connectivity index (χ4n) is 2.85. The number of carbonyl (C=O) groups is 1. The number of carbonyl (C=O) groups excluding carboxylic acids is 1. The van der Waals surface area contributed by atoms with Crippen molar-refractivity contribution in [3.63, 3.8) is 0 Å². The summed E-state index contributed by atoms with van der Waals surface area (Å²) in [5.41, 5.74) is 0.821. The summed E-state index contributed by atoms with van der Waals surface area (Å²) in [5, 5.41) is 2.31. The van der Waals surface area contributed by atoms with Crippen molar-refractivity contribution in [2.24, 2.45) is 0 Å². The summed E-state index contributed by atoms with van der Waals surface area (Å²) in [6.45, 7) is 9.54. The fourth-order valence-corrected chi connectivity index (χ4v) is 2.85. The highest BCUT2D eigenvalue weighted by molar-refractivity contribution is 6.00. The maximum Gasteiger partial charge on any atom is 0.164 e. The number of nitrogens with zero attached hydrogens (tertiary/aromatic N) is 1. The molecule has 0 aliphatic heterocycles. The molecular formula is C19H25NO. The second-order valence-corrected chi connectivity index (χ2v) is 6.16. The zero-order valence-electron chi connectivity index (χ0n) is 13.5. The van der Waals surface area contributed by atoms with Crippen LogP contribution in [0, 0.1) is 0 Å². The molecule has 2 nitrogen and oxygen atoms in total. The smallest absolute Gasteiger partial charge is 0.164 e. The first-order chi connectivity index (χ1) is 9.99. The maximum absolute atomic E-state index is 12.4. The van der Waals surface area contributed by atoms with Crippen molar-refractivity contribution >= 4 is 16.6 Å². The van der Waals surface area contributed by atoms with E-state index in [4.69, 9.17) is 0 Å². The van der Waals surface area contributed by atoms with Crippen LogP contribution in [0.4, 0.5) is 0 Å². The molecule has 0 N–H and O–H groups in total. The van der Waals surface area contributed by atoms with E-state index >= 15 is 0 Å². The van der Waals surface area contributed by atoms with Gasteiger partial charge in [0.25, 0.3) is 0 Å². The fraction of sp³-hybridized carbons (Fsp3) is 0.421. The van der Waals surface area contributed by atoms with Crippen molar-refractivity contribution < 1.29 is 4.79 Å². The first-order valence-electron chi connectivity index (χ1n) is 7.77. The van der Waals surface area contributed by atoms with Gasteiger partial charge in [-0.05, 0) is 44.5 Å². The molecule has 0 amide bonds. The van der Waals surface area contributed by atoms with Crippen molar-refractivity contribution in [2.45, 2.75) is 46.2 Å². The molecule has 112 valence electrons. The molecule has 2 heteroatoms. The van der Waals surface area contributed by atoms with Gasteiger partial charge in [-0.1, -0.05) is 36.4 Å². The van der Waals surface area contributed by atoms with E-state index in [0.29, 0.717) is 18.5 Å². The van der Waals surface area contributed by atoms with E-state index in [9.17, 15) is 4.79 Å². The third kappa shape index (κ3) is 3.92. The average Bonchev–Trinajstić information content (AvgIpc) is 2.46. The molecule has 2 aromatic carbocycles. The number of ketones is 1. The van der Waals surface area contributed by atoms with Gasteiger partial charge in [-0.3, -0.25) is 9.69 Å². The molecular weight excluding hydrogens is 258 g/mol. The third-order valence-corrected chi connectivity index (χ3v) is 4.00. The summed E-state index contributed by atoms with van der Waals surface area (Å²) in [6, 6.07) is 15.1. The van der Waals surface area contributed by atoms with E-state index in [1.54, 1.807) is 0 Å². The van der Waals surface area contributed by atoms with Crippen molar-refractivity contribution in [2.75, 3.05) is 6.54 Å². The van der Waals surface area contributed by atoms with Gasteiger partial charge in [-0.2, -0.15) is 0 Å². The number of fused-ring (bicyclic) bond motifs is 1. The van der Waals surface area contributed by atoms with Crippen LogP contribution < -0.4 is 0 Å². The van der Waals surface area contributed by atoms with Gasteiger partial charge in [0.2, 0.25) is 0 Å². The van der Waals surface area contributed by atoms with Crippen LogP contribution in [0.3, 0.4) is 0 Å². The molecule has 0 aromatic heterocycles. The van der Waals surface area contributed by atoms with Gasteiger partial charge in [0.1, 0.15) is 0 Å². The zero-order valence-corrected chi connectivity index (χ0v) is 13.5. The second kappa shape index (κ2) is 6.86. The molecule has 0 saturated heterocycles. The van der Waals surface area contributed by atoms with Gasteiger partial charge in [0.15, 0.2) is 5.78 Å². The normalized spacial score (nSPS) is 11.8. The first kappa shape index (κ1) is 15.7. The summed E-state index contributed by atoms with van der Waals surface area (Å²) in [7, 11) is 0. The SMILES string of the molecule is CC(C)N(CCC(=O)c1ccc2ccccc2c1)C(C)C. The van der Waals surface area contributed by atoms with Gasteiger partial charge in [0, 0.05) is 30.6 Å². The molecule has 2 aromatic rings. The van der Waals surface area contributed by atoms with Crippen molar-refractivity contribution in [3.8, 4) is 0 Å². The molecule has 0 spiro atoms. The molecule has 0 heterocycles. The Kier molecular flexibility index (Phi) is 5.13. The predicted molar refractivity (Wildman–Crippen MR) is 89.9 cm³/mol. The molecule has 0 saturated carbocycles. The molecule has 0 atom stereocenters. The predicted octanol–water partition coefficient (Wildman–Crippen LogP) is 4.53.